The monoisotopic (exact) mass is 428 g/mol. The number of carbonyl (C=O) groups is 1. The highest BCUT2D eigenvalue weighted by Gasteiger charge is 2.23. The molecule has 0 saturated carbocycles. The Labute approximate surface area is 162 Å². The number of hydrogen-bond donors (Lipinski definition) is 2. The van der Waals surface area contributed by atoms with E-state index in [0.717, 1.165) is 4.47 Å². The average Bonchev–Trinajstić information content (AvgIpc) is 2.64. The van der Waals surface area contributed by atoms with Gasteiger partial charge in [-0.15, -0.1) is 0 Å². The fraction of sp³-hybridized carbons (Fsp3) is 0.0588. The molecule has 0 aliphatic rings. The number of nitrogens with zero attached hydrogens (tertiary/aromatic N) is 4. The number of hydrogen-bond acceptors (Lipinski definition) is 8. The topological polar surface area (TPSA) is 123 Å². The highest BCUT2D eigenvalue weighted by Crippen LogP contribution is 2.32. The third-order valence-corrected chi connectivity index (χ3v) is 3.98. The van der Waals surface area contributed by atoms with Crippen molar-refractivity contribution in [2.45, 2.75) is 6.92 Å². The van der Waals surface area contributed by atoms with Gasteiger partial charge in [0, 0.05) is 21.9 Å². The molecule has 0 saturated heterocycles. The van der Waals surface area contributed by atoms with E-state index in [1.54, 1.807) is 42.6 Å². The summed E-state index contributed by atoms with van der Waals surface area (Å²) < 4.78 is 0.776. The van der Waals surface area contributed by atoms with E-state index in [-0.39, 0.29) is 23.1 Å². The van der Waals surface area contributed by atoms with Crippen molar-refractivity contribution in [3.8, 4) is 0 Å². The first-order valence-electron chi connectivity index (χ1n) is 7.70. The highest BCUT2D eigenvalue weighted by atomic mass is 79.9. The number of nitro groups is 1. The summed E-state index contributed by atoms with van der Waals surface area (Å²) in [6.45, 7) is 1.44. The van der Waals surface area contributed by atoms with Crippen molar-refractivity contribution in [1.29, 1.82) is 0 Å². The number of halogens is 1. The highest BCUT2D eigenvalue weighted by molar-refractivity contribution is 9.10. The van der Waals surface area contributed by atoms with Crippen LogP contribution in [0.15, 0.2) is 53.4 Å². The summed E-state index contributed by atoms with van der Waals surface area (Å²) in [7, 11) is 0. The van der Waals surface area contributed by atoms with Crippen molar-refractivity contribution in [1.82, 2.24) is 15.0 Å². The molecule has 10 heteroatoms. The van der Waals surface area contributed by atoms with Crippen molar-refractivity contribution >= 4 is 50.5 Å². The Morgan fingerprint density at radius 3 is 2.48 bits per heavy atom. The number of pyridine rings is 1. The van der Waals surface area contributed by atoms with Gasteiger partial charge in [0.2, 0.25) is 11.6 Å². The Morgan fingerprint density at radius 1 is 1.11 bits per heavy atom. The second-order valence-corrected chi connectivity index (χ2v) is 6.34. The second-order valence-electron chi connectivity index (χ2n) is 5.43. The van der Waals surface area contributed by atoms with Crippen LogP contribution in [0.3, 0.4) is 0 Å². The van der Waals surface area contributed by atoms with Gasteiger partial charge >= 0.3 is 5.69 Å². The summed E-state index contributed by atoms with van der Waals surface area (Å²) in [4.78, 5) is 34.6. The molecule has 9 nitrogen and oxygen atoms in total. The van der Waals surface area contributed by atoms with Gasteiger partial charge in [-0.25, -0.2) is 15.0 Å². The van der Waals surface area contributed by atoms with Gasteiger partial charge in [0.15, 0.2) is 5.78 Å². The van der Waals surface area contributed by atoms with Crippen molar-refractivity contribution in [3.63, 3.8) is 0 Å². The molecule has 0 aliphatic carbocycles. The van der Waals surface area contributed by atoms with E-state index in [2.05, 4.69) is 41.5 Å². The van der Waals surface area contributed by atoms with Gasteiger partial charge in [0.25, 0.3) is 0 Å². The van der Waals surface area contributed by atoms with Crippen molar-refractivity contribution in [2.75, 3.05) is 10.6 Å². The molecule has 27 heavy (non-hydrogen) atoms. The number of aromatic nitrogens is 3. The minimum absolute atomic E-state index is 0.00434. The maximum atomic E-state index is 11.6. The van der Waals surface area contributed by atoms with Gasteiger partial charge in [-0.2, -0.15) is 0 Å². The predicted molar refractivity (Wildman–Crippen MR) is 104 cm³/mol. The molecule has 0 bridgehead atoms. The molecule has 2 aromatic heterocycles. The summed E-state index contributed by atoms with van der Waals surface area (Å²) in [6.07, 6.45) is 2.76. The Morgan fingerprint density at radius 2 is 1.85 bits per heavy atom. The lowest BCUT2D eigenvalue weighted by Crippen LogP contribution is -2.06. The number of Topliss-reactive ketones (excluding diaryl/α,β-unsaturated/α-hetero) is 1. The third-order valence-electron chi connectivity index (χ3n) is 3.51. The molecule has 0 amide bonds. The van der Waals surface area contributed by atoms with E-state index < -0.39 is 4.92 Å². The van der Waals surface area contributed by atoms with E-state index in [4.69, 9.17) is 0 Å². The van der Waals surface area contributed by atoms with Crippen molar-refractivity contribution in [2.24, 2.45) is 0 Å². The number of rotatable bonds is 6. The van der Waals surface area contributed by atoms with E-state index >= 15 is 0 Å². The van der Waals surface area contributed by atoms with Crippen molar-refractivity contribution in [3.05, 3.63) is 69.1 Å². The normalized spacial score (nSPS) is 10.3. The van der Waals surface area contributed by atoms with Gasteiger partial charge < -0.3 is 10.6 Å². The Hall–Kier alpha value is -3.40. The van der Waals surface area contributed by atoms with Crippen LogP contribution in [0.1, 0.15) is 17.3 Å². The zero-order chi connectivity index (χ0) is 19.4. The minimum Gasteiger partial charge on any atom is -0.334 e. The lowest BCUT2D eigenvalue weighted by atomic mass is 10.1. The SMILES string of the molecule is CC(=O)c1cccc(Nc2ncnc(Nc3ccc(Br)cn3)c2[N+](=O)[O-])c1. The zero-order valence-corrected chi connectivity index (χ0v) is 15.6. The van der Waals surface area contributed by atoms with Crippen LogP contribution >= 0.6 is 15.9 Å². The molecule has 2 N–H and O–H groups in total. The van der Waals surface area contributed by atoms with Gasteiger partial charge in [0.1, 0.15) is 12.1 Å². The average molecular weight is 429 g/mol. The smallest absolute Gasteiger partial charge is 0.334 e. The van der Waals surface area contributed by atoms with Crippen LogP contribution in [0.2, 0.25) is 0 Å². The fourth-order valence-electron chi connectivity index (χ4n) is 2.26. The van der Waals surface area contributed by atoms with Crippen molar-refractivity contribution < 1.29 is 9.72 Å². The molecule has 0 atom stereocenters. The lowest BCUT2D eigenvalue weighted by molar-refractivity contribution is -0.383. The Bertz CT molecular complexity index is 1010. The Kier molecular flexibility index (Phi) is 5.36. The first-order valence-corrected chi connectivity index (χ1v) is 8.49. The van der Waals surface area contributed by atoms with Gasteiger partial charge in [0.05, 0.1) is 4.92 Å². The van der Waals surface area contributed by atoms with Crippen LogP contribution in [-0.2, 0) is 0 Å². The quantitative estimate of drug-likeness (QED) is 0.339. The molecule has 3 aromatic rings. The number of benzene rings is 1. The maximum Gasteiger partial charge on any atom is 0.353 e. The van der Waals surface area contributed by atoms with E-state index in [9.17, 15) is 14.9 Å². The summed E-state index contributed by atoms with van der Waals surface area (Å²) in [5, 5.41) is 17.3. The van der Waals surface area contributed by atoms with Crippen LogP contribution in [-0.4, -0.2) is 25.7 Å². The van der Waals surface area contributed by atoms with E-state index in [0.29, 0.717) is 17.1 Å². The summed E-state index contributed by atoms with van der Waals surface area (Å²) in [6, 6.07) is 10.0. The van der Waals surface area contributed by atoms with Crippen LogP contribution in [0.5, 0.6) is 0 Å². The van der Waals surface area contributed by atoms with E-state index in [1.165, 1.54) is 13.3 Å². The van der Waals surface area contributed by atoms with E-state index in [1.807, 2.05) is 0 Å². The summed E-state index contributed by atoms with van der Waals surface area (Å²) in [5.74, 6) is 0.273. The van der Waals surface area contributed by atoms with Crippen LogP contribution in [0.4, 0.5) is 28.8 Å². The molecular formula is C17H13BrN6O3. The van der Waals surface area contributed by atoms with Gasteiger partial charge in [-0.05, 0) is 47.1 Å². The molecule has 2 heterocycles. The van der Waals surface area contributed by atoms with Crippen LogP contribution < -0.4 is 10.6 Å². The lowest BCUT2D eigenvalue weighted by Gasteiger charge is -2.10. The number of ketones is 1. The van der Waals surface area contributed by atoms with Crippen LogP contribution in [0.25, 0.3) is 0 Å². The van der Waals surface area contributed by atoms with Crippen LogP contribution in [0, 0.1) is 10.1 Å². The molecule has 136 valence electrons. The predicted octanol–water partition coefficient (Wildman–Crippen LogP) is 4.23. The summed E-state index contributed by atoms with van der Waals surface area (Å²) >= 11 is 3.28. The standard InChI is InChI=1S/C17H13BrN6O3/c1-10(25)11-3-2-4-13(7-11)22-16-15(24(26)27)17(21-9-20-16)23-14-6-5-12(18)8-19-14/h2-9H,1H3,(H2,19,20,21,22,23). The molecule has 0 aliphatic heterocycles. The molecule has 1 aromatic carbocycles. The molecule has 0 fully saturated rings. The first kappa shape index (κ1) is 18.4. The number of nitrogens with one attached hydrogen (secondary N) is 2. The number of anilines is 4. The maximum absolute atomic E-state index is 11.6. The van der Waals surface area contributed by atoms with Gasteiger partial charge in [-0.1, -0.05) is 12.1 Å². The Balaban J connectivity index is 1.96. The molecule has 0 radical (unpaired) electrons. The number of carbonyl (C=O) groups excluding carboxylic acids is 1. The minimum atomic E-state index is -0.585. The first-order chi connectivity index (χ1) is 12.9. The molecular weight excluding hydrogens is 416 g/mol. The molecule has 0 spiro atoms. The summed E-state index contributed by atoms with van der Waals surface area (Å²) in [5.41, 5.74) is 0.641. The fourth-order valence-corrected chi connectivity index (χ4v) is 2.49. The molecule has 3 rings (SSSR count). The third kappa shape index (κ3) is 4.42. The zero-order valence-electron chi connectivity index (χ0n) is 14.0. The molecule has 0 unspecified atom stereocenters. The van der Waals surface area contributed by atoms with Gasteiger partial charge in [-0.3, -0.25) is 14.9 Å². The largest absolute Gasteiger partial charge is 0.353 e. The second kappa shape index (κ2) is 7.87.